The van der Waals surface area contributed by atoms with E-state index in [4.69, 9.17) is 4.74 Å². The number of aryl methyl sites for hydroxylation is 2. The third-order valence-electron chi connectivity index (χ3n) is 3.58. The summed E-state index contributed by atoms with van der Waals surface area (Å²) in [6, 6.07) is 13.6. The summed E-state index contributed by atoms with van der Waals surface area (Å²) in [7, 11) is 0. The van der Waals surface area contributed by atoms with Crippen LogP contribution in [0.25, 0.3) is 0 Å². The average molecular weight is 346 g/mol. The average Bonchev–Trinajstić information content (AvgIpc) is 2.94. The number of halogens is 1. The van der Waals surface area contributed by atoms with E-state index in [1.165, 1.54) is 17.5 Å². The minimum Gasteiger partial charge on any atom is -0.483 e. The number of hydrogen-bond acceptors (Lipinski definition) is 2. The molecule has 0 atom stereocenters. The first kappa shape index (κ1) is 14.1. The van der Waals surface area contributed by atoms with Crippen molar-refractivity contribution in [2.45, 2.75) is 19.3 Å². The molecule has 1 aliphatic rings. The summed E-state index contributed by atoms with van der Waals surface area (Å²) in [5.74, 6) is 0.519. The fourth-order valence-electron chi connectivity index (χ4n) is 2.55. The number of para-hydroxylation sites is 1. The number of carbonyl (C=O) groups excluding carboxylic acids is 1. The van der Waals surface area contributed by atoms with Gasteiger partial charge in [-0.25, -0.2) is 0 Å². The van der Waals surface area contributed by atoms with Crippen LogP contribution in [-0.4, -0.2) is 12.5 Å². The molecule has 1 aliphatic carbocycles. The molecule has 0 unspecified atom stereocenters. The van der Waals surface area contributed by atoms with Gasteiger partial charge in [0.2, 0.25) is 0 Å². The van der Waals surface area contributed by atoms with Crippen molar-refractivity contribution in [1.29, 1.82) is 0 Å². The van der Waals surface area contributed by atoms with E-state index in [9.17, 15) is 4.79 Å². The Morgan fingerprint density at radius 3 is 2.81 bits per heavy atom. The summed E-state index contributed by atoms with van der Waals surface area (Å²) < 4.78 is 6.35. The topological polar surface area (TPSA) is 38.3 Å². The molecule has 0 bridgehead atoms. The number of hydrogen-bond donors (Lipinski definition) is 1. The molecule has 0 saturated carbocycles. The molecule has 1 N–H and O–H groups in total. The van der Waals surface area contributed by atoms with E-state index in [2.05, 4.69) is 33.4 Å². The SMILES string of the molecule is O=C(COc1ccccc1Br)Nc1ccc2c(c1)CCC2. The molecule has 4 heteroatoms. The van der Waals surface area contributed by atoms with Crippen LogP contribution in [0, 0.1) is 0 Å². The lowest BCUT2D eigenvalue weighted by molar-refractivity contribution is -0.118. The highest BCUT2D eigenvalue weighted by atomic mass is 79.9. The first-order valence-corrected chi connectivity index (χ1v) is 7.80. The predicted molar refractivity (Wildman–Crippen MR) is 86.7 cm³/mol. The highest BCUT2D eigenvalue weighted by Gasteiger charge is 2.12. The fourth-order valence-corrected chi connectivity index (χ4v) is 2.95. The van der Waals surface area contributed by atoms with Crippen molar-refractivity contribution in [2.24, 2.45) is 0 Å². The van der Waals surface area contributed by atoms with Crippen LogP contribution in [0.1, 0.15) is 17.5 Å². The molecule has 0 aromatic heterocycles. The summed E-state index contributed by atoms with van der Waals surface area (Å²) in [4.78, 5) is 11.9. The van der Waals surface area contributed by atoms with E-state index >= 15 is 0 Å². The second kappa shape index (κ2) is 6.31. The maximum atomic E-state index is 11.9. The van der Waals surface area contributed by atoms with Crippen LogP contribution >= 0.6 is 15.9 Å². The standard InChI is InChI=1S/C17H16BrNO2/c18-15-6-1-2-7-16(15)21-11-17(20)19-14-9-8-12-4-3-5-13(12)10-14/h1-2,6-10H,3-5,11H2,(H,19,20). The Morgan fingerprint density at radius 2 is 1.95 bits per heavy atom. The van der Waals surface area contributed by atoms with Gasteiger partial charge in [-0.2, -0.15) is 0 Å². The first-order chi connectivity index (χ1) is 10.2. The Labute approximate surface area is 132 Å². The predicted octanol–water partition coefficient (Wildman–Crippen LogP) is 3.96. The molecular weight excluding hydrogens is 330 g/mol. The van der Waals surface area contributed by atoms with Gasteiger partial charge in [-0.1, -0.05) is 18.2 Å². The van der Waals surface area contributed by atoms with Gasteiger partial charge in [0.15, 0.2) is 6.61 Å². The Morgan fingerprint density at radius 1 is 1.14 bits per heavy atom. The maximum Gasteiger partial charge on any atom is 0.262 e. The van der Waals surface area contributed by atoms with E-state index in [1.54, 1.807) is 0 Å². The van der Waals surface area contributed by atoms with Crippen molar-refractivity contribution in [2.75, 3.05) is 11.9 Å². The Bertz CT molecular complexity index is 670. The minimum absolute atomic E-state index is 0.000300. The lowest BCUT2D eigenvalue weighted by atomic mass is 10.1. The van der Waals surface area contributed by atoms with Crippen LogP contribution in [-0.2, 0) is 17.6 Å². The minimum atomic E-state index is -0.149. The van der Waals surface area contributed by atoms with E-state index in [-0.39, 0.29) is 12.5 Å². The number of nitrogens with one attached hydrogen (secondary N) is 1. The number of fused-ring (bicyclic) bond motifs is 1. The number of carbonyl (C=O) groups is 1. The molecule has 21 heavy (non-hydrogen) atoms. The molecule has 3 nitrogen and oxygen atoms in total. The molecule has 0 heterocycles. The molecule has 3 rings (SSSR count). The monoisotopic (exact) mass is 345 g/mol. The normalized spacial score (nSPS) is 12.8. The van der Waals surface area contributed by atoms with Crippen LogP contribution in [0.5, 0.6) is 5.75 Å². The molecule has 0 fully saturated rings. The van der Waals surface area contributed by atoms with Crippen molar-refractivity contribution in [3.63, 3.8) is 0 Å². The zero-order chi connectivity index (χ0) is 14.7. The zero-order valence-electron chi connectivity index (χ0n) is 11.6. The molecule has 0 radical (unpaired) electrons. The molecule has 0 aliphatic heterocycles. The van der Waals surface area contributed by atoms with E-state index < -0.39 is 0 Å². The number of anilines is 1. The van der Waals surface area contributed by atoms with Gasteiger partial charge in [-0.3, -0.25) is 4.79 Å². The number of amides is 1. The molecule has 0 saturated heterocycles. The molecular formula is C17H16BrNO2. The van der Waals surface area contributed by atoms with Crippen LogP contribution in [0.3, 0.4) is 0 Å². The van der Waals surface area contributed by atoms with E-state index in [1.807, 2.05) is 30.3 Å². The first-order valence-electron chi connectivity index (χ1n) is 7.01. The third kappa shape index (κ3) is 3.45. The number of ether oxygens (including phenoxy) is 1. The number of rotatable bonds is 4. The van der Waals surface area contributed by atoms with Crippen molar-refractivity contribution < 1.29 is 9.53 Å². The van der Waals surface area contributed by atoms with E-state index in [0.717, 1.165) is 23.0 Å². The second-order valence-electron chi connectivity index (χ2n) is 5.10. The van der Waals surface area contributed by atoms with Crippen molar-refractivity contribution in [3.8, 4) is 5.75 Å². The summed E-state index contributed by atoms with van der Waals surface area (Å²) in [5.41, 5.74) is 3.59. The lowest BCUT2D eigenvalue weighted by Crippen LogP contribution is -2.20. The molecule has 0 spiro atoms. The Hall–Kier alpha value is -1.81. The molecule has 2 aromatic carbocycles. The van der Waals surface area contributed by atoms with Crippen LogP contribution in [0.2, 0.25) is 0 Å². The van der Waals surface area contributed by atoms with Gasteiger partial charge >= 0.3 is 0 Å². The van der Waals surface area contributed by atoms with Gasteiger partial charge in [0.25, 0.3) is 5.91 Å². The van der Waals surface area contributed by atoms with Gasteiger partial charge in [0.05, 0.1) is 4.47 Å². The van der Waals surface area contributed by atoms with Gasteiger partial charge in [-0.15, -0.1) is 0 Å². The van der Waals surface area contributed by atoms with Crippen molar-refractivity contribution >= 4 is 27.5 Å². The lowest BCUT2D eigenvalue weighted by Gasteiger charge is -2.09. The Balaban J connectivity index is 1.58. The smallest absolute Gasteiger partial charge is 0.262 e. The van der Waals surface area contributed by atoms with Crippen LogP contribution in [0.4, 0.5) is 5.69 Å². The van der Waals surface area contributed by atoms with Crippen molar-refractivity contribution in [1.82, 2.24) is 0 Å². The second-order valence-corrected chi connectivity index (χ2v) is 5.96. The van der Waals surface area contributed by atoms with Gasteiger partial charge in [0, 0.05) is 5.69 Å². The summed E-state index contributed by atoms with van der Waals surface area (Å²) in [5, 5.41) is 2.88. The number of benzene rings is 2. The van der Waals surface area contributed by atoms with Gasteiger partial charge in [0.1, 0.15) is 5.75 Å². The maximum absolute atomic E-state index is 11.9. The van der Waals surface area contributed by atoms with Crippen LogP contribution in [0.15, 0.2) is 46.9 Å². The fraction of sp³-hybridized carbons (Fsp3) is 0.235. The van der Waals surface area contributed by atoms with Gasteiger partial charge < -0.3 is 10.1 Å². The zero-order valence-corrected chi connectivity index (χ0v) is 13.2. The van der Waals surface area contributed by atoms with Crippen LogP contribution < -0.4 is 10.1 Å². The molecule has 1 amide bonds. The van der Waals surface area contributed by atoms with Crippen molar-refractivity contribution in [3.05, 3.63) is 58.1 Å². The summed E-state index contributed by atoms with van der Waals surface area (Å²) >= 11 is 3.39. The summed E-state index contributed by atoms with van der Waals surface area (Å²) in [6.45, 7) is -0.000300. The molecule has 2 aromatic rings. The third-order valence-corrected chi connectivity index (χ3v) is 4.23. The van der Waals surface area contributed by atoms with E-state index in [0.29, 0.717) is 5.75 Å². The molecule has 108 valence electrons. The quantitative estimate of drug-likeness (QED) is 0.910. The summed E-state index contributed by atoms with van der Waals surface area (Å²) in [6.07, 6.45) is 3.46. The van der Waals surface area contributed by atoms with Gasteiger partial charge in [-0.05, 0) is 70.6 Å². The Kier molecular flexibility index (Phi) is 4.25. The highest BCUT2D eigenvalue weighted by molar-refractivity contribution is 9.10. The highest BCUT2D eigenvalue weighted by Crippen LogP contribution is 2.25. The largest absolute Gasteiger partial charge is 0.483 e.